The molecule has 0 radical (unpaired) electrons. The van der Waals surface area contributed by atoms with Gasteiger partial charge < -0.3 is 24.8 Å². The predicted octanol–water partition coefficient (Wildman–Crippen LogP) is 6.92. The summed E-state index contributed by atoms with van der Waals surface area (Å²) in [5.41, 5.74) is 9.93. The number of hydrogen-bond acceptors (Lipinski definition) is 0. The Kier molecular flexibility index (Phi) is 15.4. The van der Waals surface area contributed by atoms with Crippen LogP contribution in [-0.4, -0.2) is 11.3 Å². The Morgan fingerprint density at radius 1 is 0.640 bits per heavy atom. The maximum Gasteiger partial charge on any atom is -1.00 e. The van der Waals surface area contributed by atoms with Gasteiger partial charge in [0.2, 0.25) is 0 Å². The van der Waals surface area contributed by atoms with Crippen molar-refractivity contribution in [3.63, 3.8) is 0 Å². The van der Waals surface area contributed by atoms with E-state index in [1.165, 1.54) is 87.9 Å². The molecule has 4 heteroatoms. The number of halogens is 2. The average molecular weight is 799 g/mol. The fourth-order valence-corrected chi connectivity index (χ4v) is 8.98. The quantitative estimate of drug-likeness (QED) is 0.138. The molecule has 0 aliphatic heterocycles. The van der Waals surface area contributed by atoms with E-state index in [1.54, 1.807) is 5.20 Å². The van der Waals surface area contributed by atoms with Gasteiger partial charge in [0.05, 0.1) is 0 Å². The maximum atomic E-state index is 3.43. The molecule has 0 bridgehead atoms. The molecule has 0 spiro atoms. The molecule has 5 aromatic rings. The van der Waals surface area contributed by atoms with Gasteiger partial charge in [0.1, 0.15) is 0 Å². The van der Waals surface area contributed by atoms with Crippen LogP contribution < -0.4 is 24.8 Å². The van der Waals surface area contributed by atoms with Gasteiger partial charge in [-0.05, 0) is 18.9 Å². The second kappa shape index (κ2) is 17.5. The number of rotatable bonds is 3. The van der Waals surface area contributed by atoms with E-state index in [4.69, 9.17) is 0 Å². The first-order valence-electron chi connectivity index (χ1n) is 17.4. The topological polar surface area (TPSA) is 0 Å². The standard InChI is InChI=1S/C21H25.C15H14.C10H17Si.2ClH.Zr/c1-20(2,3)16-7-9-18-14(12-16)11-15-13-17(21(4,5)6)8-10-19(15)18;1-12-3-7-14(8-4-12)11-15-9-5-13(2)6-10-15;1-8-6-9(2)10(7-8)11(3,4)5;;;/h7-13H,1-6H3;3-10H,1-2H3;7-8H,1-5H3;2*1H;/q-1;;-1;;;+2/p-2. The molecule has 50 heavy (non-hydrogen) atoms. The molecular formula is C46H56Cl2SiZr-2. The number of benzene rings is 4. The summed E-state index contributed by atoms with van der Waals surface area (Å²) in [6, 6.07) is 33.7. The van der Waals surface area contributed by atoms with E-state index in [0.29, 0.717) is 5.92 Å². The number of fused-ring (bicyclic) bond motifs is 3. The summed E-state index contributed by atoms with van der Waals surface area (Å²) < 4.78 is 1.42. The molecule has 6 rings (SSSR count). The van der Waals surface area contributed by atoms with Gasteiger partial charge in [-0.1, -0.05) is 116 Å². The minimum atomic E-state index is -1.07. The summed E-state index contributed by atoms with van der Waals surface area (Å²) in [6.45, 7) is 29.4. The summed E-state index contributed by atoms with van der Waals surface area (Å²) in [5.74, 6) is 0.553. The van der Waals surface area contributed by atoms with Crippen LogP contribution in [0.3, 0.4) is 0 Å². The van der Waals surface area contributed by atoms with E-state index >= 15 is 0 Å². The number of allylic oxidation sites excluding steroid dienone is 4. The van der Waals surface area contributed by atoms with Gasteiger partial charge in [0, 0.05) is 0 Å². The van der Waals surface area contributed by atoms with E-state index in [-0.39, 0.29) is 35.6 Å². The van der Waals surface area contributed by atoms with Crippen LogP contribution in [0.2, 0.25) is 19.6 Å². The van der Waals surface area contributed by atoms with Crippen LogP contribution in [-0.2, 0) is 35.1 Å². The first-order chi connectivity index (χ1) is 22.2. The predicted molar refractivity (Wildman–Crippen MR) is 213 cm³/mol. The van der Waals surface area contributed by atoms with Gasteiger partial charge in [-0.25, -0.2) is 10.8 Å². The van der Waals surface area contributed by atoms with Crippen molar-refractivity contribution in [3.05, 3.63) is 147 Å². The Balaban J connectivity index is 0.000000268. The van der Waals surface area contributed by atoms with Crippen molar-refractivity contribution in [2.45, 2.75) is 99.7 Å². The fraction of sp³-hybridized carbons (Fsp3) is 0.348. The van der Waals surface area contributed by atoms with Crippen LogP contribution in [0, 0.1) is 25.8 Å². The average Bonchev–Trinajstić information content (AvgIpc) is 3.55. The first-order valence-corrected chi connectivity index (χ1v) is 22.2. The zero-order chi connectivity index (χ0) is 35.6. The fourth-order valence-electron chi connectivity index (χ4n) is 6.21. The Morgan fingerprint density at radius 3 is 1.30 bits per heavy atom. The van der Waals surface area contributed by atoms with Gasteiger partial charge in [-0.15, -0.1) is 39.7 Å². The van der Waals surface area contributed by atoms with Crippen LogP contribution in [0.1, 0.15) is 88.8 Å². The third-order valence-electron chi connectivity index (χ3n) is 9.19. The molecule has 1 aliphatic rings. The Hall–Kier alpha value is -2.22. The second-order valence-electron chi connectivity index (χ2n) is 16.7. The van der Waals surface area contributed by atoms with Crippen LogP contribution in [0.5, 0.6) is 0 Å². The summed E-state index contributed by atoms with van der Waals surface area (Å²) in [6.07, 6.45) is 5.81. The van der Waals surface area contributed by atoms with Crippen molar-refractivity contribution in [2.75, 3.05) is 0 Å². The van der Waals surface area contributed by atoms with E-state index in [1.807, 2.05) is 0 Å². The monoisotopic (exact) mass is 796 g/mol. The largest absolute Gasteiger partial charge is 1.00 e. The van der Waals surface area contributed by atoms with Crippen LogP contribution in [0.15, 0.2) is 108 Å². The third-order valence-corrected chi connectivity index (χ3v) is 12.8. The molecule has 0 amide bonds. The van der Waals surface area contributed by atoms with Crippen molar-refractivity contribution in [3.8, 4) is 0 Å². The van der Waals surface area contributed by atoms with E-state index < -0.39 is 8.07 Å². The molecule has 0 N–H and O–H groups in total. The van der Waals surface area contributed by atoms with Gasteiger partial charge in [-0.2, -0.15) is 6.08 Å². The van der Waals surface area contributed by atoms with Crippen molar-refractivity contribution in [1.82, 2.24) is 0 Å². The summed E-state index contributed by atoms with van der Waals surface area (Å²) in [5, 5.41) is 7.08. The molecule has 0 nitrogen and oxygen atoms in total. The second-order valence-corrected chi connectivity index (χ2v) is 23.0. The van der Waals surface area contributed by atoms with E-state index in [0.717, 1.165) is 0 Å². The van der Waals surface area contributed by atoms with Gasteiger partial charge in [0.25, 0.3) is 0 Å². The minimum Gasteiger partial charge on any atom is -1.00 e. The zero-order valence-corrected chi connectivity index (χ0v) is 37.5. The third kappa shape index (κ3) is 11.4. The van der Waals surface area contributed by atoms with Crippen molar-refractivity contribution < 1.29 is 49.0 Å². The van der Waals surface area contributed by atoms with Crippen LogP contribution >= 0.6 is 0 Å². The van der Waals surface area contributed by atoms with Crippen molar-refractivity contribution in [1.29, 1.82) is 0 Å². The first kappa shape index (κ1) is 43.9. The molecule has 0 aromatic heterocycles. The van der Waals surface area contributed by atoms with E-state index in [9.17, 15) is 0 Å². The molecule has 1 atom stereocenters. The van der Waals surface area contributed by atoms with Crippen LogP contribution in [0.25, 0.3) is 21.5 Å². The van der Waals surface area contributed by atoms with Crippen LogP contribution in [0.4, 0.5) is 0 Å². The molecule has 1 aliphatic carbocycles. The summed E-state index contributed by atoms with van der Waals surface area (Å²) >= 11 is 1.46. The zero-order valence-electron chi connectivity index (χ0n) is 32.6. The molecule has 0 saturated carbocycles. The van der Waals surface area contributed by atoms with E-state index in [2.05, 4.69) is 192 Å². The molecule has 0 heterocycles. The smallest absolute Gasteiger partial charge is 1.00 e. The van der Waals surface area contributed by atoms with Gasteiger partial charge in [0.15, 0.2) is 0 Å². The summed E-state index contributed by atoms with van der Waals surface area (Å²) in [4.78, 5) is 0. The molecule has 0 saturated heterocycles. The normalized spacial score (nSPS) is 14.3. The molecule has 264 valence electrons. The Bertz CT molecular complexity index is 1840. The Morgan fingerprint density at radius 2 is 1.02 bits per heavy atom. The Labute approximate surface area is 332 Å². The molecule has 1 unspecified atom stereocenters. The molecular weight excluding hydrogens is 743 g/mol. The maximum absolute atomic E-state index is 3.43. The number of hydrogen-bond donors (Lipinski definition) is 0. The molecule has 0 fully saturated rings. The van der Waals surface area contributed by atoms with Crippen molar-refractivity contribution in [2.24, 2.45) is 5.92 Å². The summed E-state index contributed by atoms with van der Waals surface area (Å²) in [7, 11) is -1.07. The number of aryl methyl sites for hydroxylation is 2. The molecule has 5 aromatic carbocycles. The minimum absolute atomic E-state index is 0. The van der Waals surface area contributed by atoms with Gasteiger partial charge >= 0.3 is 112 Å². The van der Waals surface area contributed by atoms with Crippen molar-refractivity contribution >= 4 is 32.8 Å². The SMILES string of the molecule is CC(C)(C)c1ccc2c(c1)[cH-]c1cc(C(C)(C)C)ccc12.CC1=[C-]C(C)C=C1[Si](C)(C)C.Cc1ccc([C](=[Zr+2])c2ccc(C)cc2)cc1.[Cl-].[Cl-]. The van der Waals surface area contributed by atoms with Gasteiger partial charge in [-0.3, -0.25) is 6.08 Å².